The van der Waals surface area contributed by atoms with Crippen molar-refractivity contribution in [2.75, 3.05) is 18.5 Å². The Bertz CT molecular complexity index is 1170. The van der Waals surface area contributed by atoms with Crippen LogP contribution in [0.15, 0.2) is 71.8 Å². The maximum Gasteiger partial charge on any atom is 0.338 e. The Morgan fingerprint density at radius 3 is 2.36 bits per heavy atom. The molecule has 0 radical (unpaired) electrons. The summed E-state index contributed by atoms with van der Waals surface area (Å²) in [6.07, 6.45) is -0.00849. The Balaban J connectivity index is 1.43. The molecule has 0 atom stereocenters. The van der Waals surface area contributed by atoms with E-state index in [4.69, 9.17) is 9.47 Å². The summed E-state index contributed by atoms with van der Waals surface area (Å²) in [4.78, 5) is 35.9. The van der Waals surface area contributed by atoms with Gasteiger partial charge in [0.15, 0.2) is 6.61 Å². The molecule has 170 valence electrons. The van der Waals surface area contributed by atoms with E-state index in [0.29, 0.717) is 29.3 Å². The molecule has 8 heteroatoms. The van der Waals surface area contributed by atoms with Crippen LogP contribution < -0.4 is 15.5 Å². The van der Waals surface area contributed by atoms with Gasteiger partial charge in [-0.05, 0) is 61.0 Å². The number of hydrogen-bond acceptors (Lipinski definition) is 6. The molecule has 2 amide bonds. The zero-order chi connectivity index (χ0) is 23.6. The van der Waals surface area contributed by atoms with Gasteiger partial charge >= 0.3 is 5.97 Å². The van der Waals surface area contributed by atoms with Gasteiger partial charge in [-0.3, -0.25) is 9.59 Å². The van der Waals surface area contributed by atoms with E-state index in [1.165, 1.54) is 0 Å². The summed E-state index contributed by atoms with van der Waals surface area (Å²) >= 11 is 0. The van der Waals surface area contributed by atoms with Crippen LogP contribution in [0.3, 0.4) is 0 Å². The second-order valence-electron chi connectivity index (χ2n) is 7.20. The first kappa shape index (κ1) is 23.5. The number of nitrogens with zero attached hydrogens (tertiary/aromatic N) is 1. The molecule has 0 spiro atoms. The summed E-state index contributed by atoms with van der Waals surface area (Å²) in [6, 6.07) is 19.8. The first-order chi connectivity index (χ1) is 15.9. The predicted molar refractivity (Wildman–Crippen MR) is 126 cm³/mol. The standard InChI is InChI=1S/C25H25N3O5/c1-3-32-25(31)19-8-11-21(12-9-19)26-23(29)14-17(2)27-28-24(30)16-33-22-13-10-18-6-4-5-7-20(18)15-22/h4-13,15H,3,14,16H2,1-2H3,(H,26,29)(H,28,30). The number of carbonyl (C=O) groups is 3. The minimum absolute atomic E-state index is 0.00849. The number of carbonyl (C=O) groups excluding carboxylic acids is 3. The maximum absolute atomic E-state index is 12.2. The fourth-order valence-electron chi connectivity index (χ4n) is 2.98. The number of amides is 2. The van der Waals surface area contributed by atoms with Crippen molar-refractivity contribution < 1.29 is 23.9 Å². The van der Waals surface area contributed by atoms with Crippen molar-refractivity contribution in [2.45, 2.75) is 20.3 Å². The van der Waals surface area contributed by atoms with Gasteiger partial charge in [0.2, 0.25) is 5.91 Å². The average Bonchev–Trinajstić information content (AvgIpc) is 2.81. The lowest BCUT2D eigenvalue weighted by Gasteiger charge is -2.08. The summed E-state index contributed by atoms with van der Waals surface area (Å²) in [5.74, 6) is -0.573. The molecule has 0 saturated carbocycles. The number of ether oxygens (including phenoxy) is 2. The van der Waals surface area contributed by atoms with Crippen molar-refractivity contribution in [3.05, 3.63) is 72.3 Å². The molecular formula is C25H25N3O5. The fraction of sp³-hybridized carbons (Fsp3) is 0.200. The van der Waals surface area contributed by atoms with E-state index in [1.54, 1.807) is 44.2 Å². The minimum Gasteiger partial charge on any atom is -0.484 e. The highest BCUT2D eigenvalue weighted by atomic mass is 16.5. The highest BCUT2D eigenvalue weighted by molar-refractivity contribution is 6.05. The van der Waals surface area contributed by atoms with Crippen LogP contribution in [0, 0.1) is 0 Å². The quantitative estimate of drug-likeness (QED) is 0.294. The Morgan fingerprint density at radius 2 is 1.64 bits per heavy atom. The number of nitrogens with one attached hydrogen (secondary N) is 2. The SMILES string of the molecule is CCOC(=O)c1ccc(NC(=O)CC(C)=NNC(=O)COc2ccc3ccccc3c2)cc1. The zero-order valence-corrected chi connectivity index (χ0v) is 18.5. The summed E-state index contributed by atoms with van der Waals surface area (Å²) in [7, 11) is 0. The van der Waals surface area contributed by atoms with Gasteiger partial charge in [-0.1, -0.05) is 30.3 Å². The molecule has 0 aliphatic carbocycles. The van der Waals surface area contributed by atoms with Crippen LogP contribution in [-0.2, 0) is 14.3 Å². The minimum atomic E-state index is -0.433. The highest BCUT2D eigenvalue weighted by Gasteiger charge is 2.09. The van der Waals surface area contributed by atoms with Gasteiger partial charge in [0.05, 0.1) is 18.6 Å². The van der Waals surface area contributed by atoms with Gasteiger partial charge in [0, 0.05) is 11.4 Å². The largest absolute Gasteiger partial charge is 0.484 e. The van der Waals surface area contributed by atoms with E-state index in [0.717, 1.165) is 10.8 Å². The lowest BCUT2D eigenvalue weighted by Crippen LogP contribution is -2.26. The van der Waals surface area contributed by atoms with Gasteiger partial charge in [-0.15, -0.1) is 0 Å². The number of benzene rings is 3. The van der Waals surface area contributed by atoms with E-state index < -0.39 is 11.9 Å². The van der Waals surface area contributed by atoms with Gasteiger partial charge < -0.3 is 14.8 Å². The Hall–Kier alpha value is -4.20. The molecule has 2 N–H and O–H groups in total. The number of hydrazone groups is 1. The molecule has 8 nitrogen and oxygen atoms in total. The van der Waals surface area contributed by atoms with Crippen LogP contribution in [-0.4, -0.2) is 36.7 Å². The molecule has 3 aromatic carbocycles. The second-order valence-corrected chi connectivity index (χ2v) is 7.20. The van der Waals surface area contributed by atoms with Crippen molar-refractivity contribution in [1.82, 2.24) is 5.43 Å². The zero-order valence-electron chi connectivity index (χ0n) is 18.5. The van der Waals surface area contributed by atoms with Gasteiger partial charge in [-0.2, -0.15) is 5.10 Å². The third-order valence-electron chi connectivity index (χ3n) is 4.56. The first-order valence-corrected chi connectivity index (χ1v) is 10.4. The van der Waals surface area contributed by atoms with Gasteiger partial charge in [0.25, 0.3) is 5.91 Å². The lowest BCUT2D eigenvalue weighted by atomic mass is 10.1. The molecule has 0 aliphatic rings. The molecule has 33 heavy (non-hydrogen) atoms. The highest BCUT2D eigenvalue weighted by Crippen LogP contribution is 2.20. The van der Waals surface area contributed by atoms with E-state index in [9.17, 15) is 14.4 Å². The lowest BCUT2D eigenvalue weighted by molar-refractivity contribution is -0.123. The molecule has 0 aromatic heterocycles. The molecule has 0 saturated heterocycles. The Labute approximate surface area is 191 Å². The smallest absolute Gasteiger partial charge is 0.338 e. The molecule has 0 unspecified atom stereocenters. The van der Waals surface area contributed by atoms with E-state index in [1.807, 2.05) is 36.4 Å². The van der Waals surface area contributed by atoms with Gasteiger partial charge in [-0.25, -0.2) is 10.2 Å². The average molecular weight is 447 g/mol. The number of fused-ring (bicyclic) bond motifs is 1. The van der Waals surface area contributed by atoms with Crippen LogP contribution in [0.1, 0.15) is 30.6 Å². The fourth-order valence-corrected chi connectivity index (χ4v) is 2.98. The monoisotopic (exact) mass is 447 g/mol. The normalized spacial score (nSPS) is 11.0. The molecule has 0 fully saturated rings. The summed E-state index contributed by atoms with van der Waals surface area (Å²) in [5.41, 5.74) is 3.75. The Morgan fingerprint density at radius 1 is 0.909 bits per heavy atom. The van der Waals surface area contributed by atoms with Crippen LogP contribution in [0.5, 0.6) is 5.75 Å². The van der Waals surface area contributed by atoms with Crippen molar-refractivity contribution in [3.63, 3.8) is 0 Å². The molecule has 0 bridgehead atoms. The Kier molecular flexibility index (Phi) is 8.13. The number of rotatable bonds is 9. The van der Waals surface area contributed by atoms with Crippen LogP contribution in [0.25, 0.3) is 10.8 Å². The first-order valence-electron chi connectivity index (χ1n) is 10.4. The number of anilines is 1. The predicted octanol–water partition coefficient (Wildman–Crippen LogP) is 3.92. The second kappa shape index (κ2) is 11.4. The van der Waals surface area contributed by atoms with Crippen LogP contribution in [0.2, 0.25) is 0 Å². The van der Waals surface area contributed by atoms with Gasteiger partial charge in [0.1, 0.15) is 5.75 Å². The molecular weight excluding hydrogens is 422 g/mol. The number of esters is 1. The molecule has 3 rings (SSSR count). The van der Waals surface area contributed by atoms with Crippen molar-refractivity contribution in [2.24, 2.45) is 5.10 Å². The van der Waals surface area contributed by atoms with Crippen molar-refractivity contribution in [1.29, 1.82) is 0 Å². The third-order valence-corrected chi connectivity index (χ3v) is 4.56. The van der Waals surface area contributed by atoms with Crippen LogP contribution >= 0.6 is 0 Å². The van der Waals surface area contributed by atoms with Crippen molar-refractivity contribution in [3.8, 4) is 5.75 Å². The third kappa shape index (κ3) is 7.17. The maximum atomic E-state index is 12.2. The topological polar surface area (TPSA) is 106 Å². The number of hydrogen-bond donors (Lipinski definition) is 2. The summed E-state index contributed by atoms with van der Waals surface area (Å²) in [6.45, 7) is 3.46. The molecule has 0 aliphatic heterocycles. The van der Waals surface area contributed by atoms with Crippen molar-refractivity contribution >= 4 is 40.0 Å². The van der Waals surface area contributed by atoms with Crippen LogP contribution in [0.4, 0.5) is 5.69 Å². The molecule has 3 aromatic rings. The van der Waals surface area contributed by atoms with E-state index in [2.05, 4.69) is 15.8 Å². The summed E-state index contributed by atoms with van der Waals surface area (Å²) in [5, 5.41) is 8.76. The molecule has 0 heterocycles. The van der Waals surface area contributed by atoms with E-state index in [-0.39, 0.29) is 18.9 Å². The summed E-state index contributed by atoms with van der Waals surface area (Å²) < 4.78 is 10.4. The van der Waals surface area contributed by atoms with E-state index >= 15 is 0 Å².